The van der Waals surface area contributed by atoms with Crippen molar-refractivity contribution in [3.63, 3.8) is 0 Å². The van der Waals surface area contributed by atoms with Gasteiger partial charge in [0.15, 0.2) is 0 Å². The van der Waals surface area contributed by atoms with Crippen LogP contribution in [0.15, 0.2) is 47.6 Å². The van der Waals surface area contributed by atoms with Gasteiger partial charge in [0, 0.05) is 17.2 Å². The molecular formula is C12H12N2O2. The number of hydrogen-bond acceptors (Lipinski definition) is 3. The molecule has 2 aromatic rings. The first-order valence-corrected chi connectivity index (χ1v) is 5.07. The summed E-state index contributed by atoms with van der Waals surface area (Å²) in [5, 5.41) is 7.60. The van der Waals surface area contributed by atoms with Crippen molar-refractivity contribution in [1.82, 2.24) is 10.2 Å². The van der Waals surface area contributed by atoms with E-state index in [0.717, 1.165) is 18.4 Å². The zero-order chi connectivity index (χ0) is 11.2. The van der Waals surface area contributed by atoms with Gasteiger partial charge < -0.3 is 4.74 Å². The Morgan fingerprint density at radius 3 is 2.81 bits per heavy atom. The average molecular weight is 216 g/mol. The van der Waals surface area contributed by atoms with E-state index < -0.39 is 0 Å². The molecule has 1 aromatic carbocycles. The fraction of sp³-hybridized carbons (Fsp3) is 0.167. The molecule has 2 heterocycles. The average Bonchev–Trinajstić information content (AvgIpc) is 2.88. The Bertz CT molecular complexity index is 534. The third-order valence-electron chi connectivity index (χ3n) is 2.17. The Balaban J connectivity index is 0.000000162. The highest BCUT2D eigenvalue weighted by Crippen LogP contribution is 2.04. The SMILES string of the molecule is C1=COCC1.O=c1[nH]ncc2ccccc12. The smallest absolute Gasteiger partial charge is 0.272 e. The fourth-order valence-electron chi connectivity index (χ4n) is 1.38. The van der Waals surface area contributed by atoms with E-state index >= 15 is 0 Å². The molecule has 0 unspecified atom stereocenters. The van der Waals surface area contributed by atoms with Crippen molar-refractivity contribution in [2.24, 2.45) is 0 Å². The van der Waals surface area contributed by atoms with E-state index in [4.69, 9.17) is 4.74 Å². The van der Waals surface area contributed by atoms with Gasteiger partial charge in [-0.15, -0.1) is 0 Å². The largest absolute Gasteiger partial charge is 0.501 e. The Labute approximate surface area is 92.6 Å². The number of nitrogens with one attached hydrogen (secondary N) is 1. The van der Waals surface area contributed by atoms with E-state index in [1.165, 1.54) is 0 Å². The number of hydrogen-bond donors (Lipinski definition) is 1. The van der Waals surface area contributed by atoms with Gasteiger partial charge in [0.05, 0.1) is 19.1 Å². The van der Waals surface area contributed by atoms with Gasteiger partial charge in [0.25, 0.3) is 5.56 Å². The maximum Gasteiger partial charge on any atom is 0.272 e. The molecule has 0 fully saturated rings. The first-order chi connectivity index (χ1) is 7.88. The molecule has 16 heavy (non-hydrogen) atoms. The number of H-pyrrole nitrogens is 1. The molecule has 0 saturated heterocycles. The summed E-state index contributed by atoms with van der Waals surface area (Å²) >= 11 is 0. The molecule has 0 atom stereocenters. The van der Waals surface area contributed by atoms with Crippen molar-refractivity contribution in [3.8, 4) is 0 Å². The lowest BCUT2D eigenvalue weighted by Crippen LogP contribution is -2.06. The summed E-state index contributed by atoms with van der Waals surface area (Å²) in [5.41, 5.74) is -0.136. The van der Waals surface area contributed by atoms with Crippen LogP contribution in [-0.2, 0) is 4.74 Å². The molecule has 0 amide bonds. The quantitative estimate of drug-likeness (QED) is 0.731. The molecule has 0 spiro atoms. The van der Waals surface area contributed by atoms with Gasteiger partial charge in [0.2, 0.25) is 0 Å². The van der Waals surface area contributed by atoms with E-state index in [2.05, 4.69) is 10.2 Å². The maximum atomic E-state index is 11.1. The first-order valence-electron chi connectivity index (χ1n) is 5.07. The summed E-state index contributed by atoms with van der Waals surface area (Å²) in [4.78, 5) is 11.1. The van der Waals surface area contributed by atoms with Crippen LogP contribution in [-0.4, -0.2) is 16.8 Å². The second kappa shape index (κ2) is 5.11. The van der Waals surface area contributed by atoms with Crippen LogP contribution in [0.1, 0.15) is 6.42 Å². The Morgan fingerprint density at radius 1 is 1.31 bits per heavy atom. The first kappa shape index (κ1) is 10.4. The van der Waals surface area contributed by atoms with E-state index in [9.17, 15) is 4.79 Å². The molecule has 1 aromatic heterocycles. The third kappa shape index (κ3) is 2.48. The maximum absolute atomic E-state index is 11.1. The number of fused-ring (bicyclic) bond motifs is 1. The van der Waals surface area contributed by atoms with Crippen LogP contribution >= 0.6 is 0 Å². The molecule has 0 radical (unpaired) electrons. The molecule has 1 aliphatic heterocycles. The third-order valence-corrected chi connectivity index (χ3v) is 2.17. The van der Waals surface area contributed by atoms with E-state index in [1.54, 1.807) is 18.5 Å². The van der Waals surface area contributed by atoms with Crippen LogP contribution < -0.4 is 5.56 Å². The second-order valence-corrected chi connectivity index (χ2v) is 3.32. The number of nitrogens with zero attached hydrogens (tertiary/aromatic N) is 1. The molecule has 4 heteroatoms. The molecule has 82 valence electrons. The van der Waals surface area contributed by atoms with E-state index in [-0.39, 0.29) is 5.56 Å². The predicted molar refractivity (Wildman–Crippen MR) is 62.1 cm³/mol. The highest BCUT2D eigenvalue weighted by molar-refractivity contribution is 5.80. The highest BCUT2D eigenvalue weighted by atomic mass is 16.5. The summed E-state index contributed by atoms with van der Waals surface area (Å²) in [6, 6.07) is 7.34. The van der Waals surface area contributed by atoms with Crippen LogP contribution in [0.25, 0.3) is 10.8 Å². The molecule has 0 saturated carbocycles. The molecule has 1 aliphatic rings. The summed E-state index contributed by atoms with van der Waals surface area (Å²) in [7, 11) is 0. The number of aromatic nitrogens is 2. The minimum absolute atomic E-state index is 0.136. The molecular weight excluding hydrogens is 204 g/mol. The van der Waals surface area contributed by atoms with Gasteiger partial charge in [-0.1, -0.05) is 18.2 Å². The summed E-state index contributed by atoms with van der Waals surface area (Å²) < 4.78 is 4.76. The van der Waals surface area contributed by atoms with Crippen molar-refractivity contribution >= 4 is 10.8 Å². The van der Waals surface area contributed by atoms with Crippen LogP contribution in [0.5, 0.6) is 0 Å². The van der Waals surface area contributed by atoms with Crippen molar-refractivity contribution in [2.45, 2.75) is 6.42 Å². The van der Waals surface area contributed by atoms with Crippen molar-refractivity contribution in [1.29, 1.82) is 0 Å². The Kier molecular flexibility index (Phi) is 3.33. The lowest BCUT2D eigenvalue weighted by molar-refractivity contribution is 0.281. The normalized spacial score (nSPS) is 13.0. The predicted octanol–water partition coefficient (Wildman–Crippen LogP) is 1.84. The van der Waals surface area contributed by atoms with Crippen molar-refractivity contribution < 1.29 is 4.74 Å². The van der Waals surface area contributed by atoms with Crippen LogP contribution in [0.3, 0.4) is 0 Å². The number of ether oxygens (including phenoxy) is 1. The van der Waals surface area contributed by atoms with Gasteiger partial charge in [-0.3, -0.25) is 4.79 Å². The molecule has 1 N–H and O–H groups in total. The lowest BCUT2D eigenvalue weighted by Gasteiger charge is -1.91. The molecule has 4 nitrogen and oxygen atoms in total. The van der Waals surface area contributed by atoms with E-state index in [1.807, 2.05) is 24.3 Å². The second-order valence-electron chi connectivity index (χ2n) is 3.32. The fourth-order valence-corrected chi connectivity index (χ4v) is 1.38. The lowest BCUT2D eigenvalue weighted by atomic mass is 10.2. The van der Waals surface area contributed by atoms with Crippen molar-refractivity contribution in [3.05, 3.63) is 53.2 Å². The van der Waals surface area contributed by atoms with Gasteiger partial charge >= 0.3 is 0 Å². The van der Waals surface area contributed by atoms with E-state index in [0.29, 0.717) is 5.39 Å². The van der Waals surface area contributed by atoms with Crippen LogP contribution in [0.2, 0.25) is 0 Å². The standard InChI is InChI=1S/C8H6N2O.C4H6O/c11-8-7-4-2-1-3-6(7)5-9-10-8;1-2-4-5-3-1/h1-5H,(H,10,11);1,3H,2,4H2. The monoisotopic (exact) mass is 216 g/mol. The zero-order valence-electron chi connectivity index (χ0n) is 8.72. The molecule has 0 bridgehead atoms. The molecule has 3 rings (SSSR count). The number of rotatable bonds is 0. The summed E-state index contributed by atoms with van der Waals surface area (Å²) in [6.45, 7) is 0.889. The van der Waals surface area contributed by atoms with Gasteiger partial charge in [-0.05, 0) is 12.1 Å². The summed E-state index contributed by atoms with van der Waals surface area (Å²) in [6.07, 6.45) is 6.48. The van der Waals surface area contributed by atoms with Crippen LogP contribution in [0.4, 0.5) is 0 Å². The topological polar surface area (TPSA) is 55.0 Å². The van der Waals surface area contributed by atoms with Crippen molar-refractivity contribution in [2.75, 3.05) is 6.61 Å². The van der Waals surface area contributed by atoms with Gasteiger partial charge in [-0.25, -0.2) is 5.10 Å². The Morgan fingerprint density at radius 2 is 2.19 bits per heavy atom. The zero-order valence-corrected chi connectivity index (χ0v) is 8.72. The van der Waals surface area contributed by atoms with Gasteiger partial charge in [0.1, 0.15) is 0 Å². The Hall–Kier alpha value is -2.10. The highest BCUT2D eigenvalue weighted by Gasteiger charge is 1.93. The summed E-state index contributed by atoms with van der Waals surface area (Å²) in [5.74, 6) is 0. The minimum atomic E-state index is -0.136. The molecule has 0 aliphatic carbocycles. The van der Waals surface area contributed by atoms with Gasteiger partial charge in [-0.2, -0.15) is 5.10 Å². The minimum Gasteiger partial charge on any atom is -0.501 e. The van der Waals surface area contributed by atoms with Crippen LogP contribution in [0, 0.1) is 0 Å². The number of aromatic amines is 1. The number of benzene rings is 1.